The minimum atomic E-state index is -2.07. The molecule has 1 aromatic carbocycles. The van der Waals surface area contributed by atoms with E-state index in [2.05, 4.69) is 4.74 Å². The van der Waals surface area contributed by atoms with Gasteiger partial charge in [0.15, 0.2) is 11.6 Å². The Labute approximate surface area is 104 Å². The maximum Gasteiger partial charge on any atom is 0.342 e. The first-order valence-electron chi connectivity index (χ1n) is 5.41. The topological polar surface area (TPSA) is 61.5 Å². The van der Waals surface area contributed by atoms with Gasteiger partial charge in [-0.15, -0.1) is 0 Å². The van der Waals surface area contributed by atoms with Gasteiger partial charge in [0.05, 0.1) is 19.8 Å². The molecule has 0 aliphatic heterocycles. The van der Waals surface area contributed by atoms with E-state index in [1.165, 1.54) is 19.2 Å². The van der Waals surface area contributed by atoms with Crippen molar-refractivity contribution < 1.29 is 23.0 Å². The van der Waals surface area contributed by atoms with Crippen LogP contribution in [-0.2, 0) is 9.53 Å². The maximum atomic E-state index is 13.7. The lowest BCUT2D eigenvalue weighted by Gasteiger charge is -2.18. The fraction of sp³-hybridized carbons (Fsp3) is 0.417. The zero-order valence-electron chi connectivity index (χ0n) is 10.2. The summed E-state index contributed by atoms with van der Waals surface area (Å²) in [7, 11) is 1.24. The van der Waals surface area contributed by atoms with Gasteiger partial charge >= 0.3 is 5.97 Å². The van der Waals surface area contributed by atoms with E-state index in [-0.39, 0.29) is 17.9 Å². The molecule has 0 spiro atoms. The summed E-state index contributed by atoms with van der Waals surface area (Å²) in [4.78, 5) is 11.2. The van der Waals surface area contributed by atoms with Gasteiger partial charge < -0.3 is 15.2 Å². The molecular weight excluding hydrogens is 244 g/mol. The van der Waals surface area contributed by atoms with E-state index in [4.69, 9.17) is 10.5 Å². The van der Waals surface area contributed by atoms with Crippen LogP contribution in [0.15, 0.2) is 18.2 Å². The number of hydrogen-bond acceptors (Lipinski definition) is 4. The number of ether oxygens (including phenoxy) is 2. The van der Waals surface area contributed by atoms with Crippen LogP contribution >= 0.6 is 0 Å². The molecule has 0 amide bonds. The molecule has 0 aromatic heterocycles. The van der Waals surface area contributed by atoms with E-state index < -0.39 is 24.0 Å². The minimum Gasteiger partial charge on any atom is -0.493 e. The van der Waals surface area contributed by atoms with Crippen molar-refractivity contribution in [3.63, 3.8) is 0 Å². The lowest BCUT2D eigenvalue weighted by molar-refractivity contribution is -0.149. The maximum absolute atomic E-state index is 13.7. The Bertz CT molecular complexity index is 426. The van der Waals surface area contributed by atoms with Crippen molar-refractivity contribution in [2.75, 3.05) is 13.7 Å². The summed E-state index contributed by atoms with van der Waals surface area (Å²) in [5, 5.41) is 0. The molecule has 18 heavy (non-hydrogen) atoms. The molecule has 2 atom stereocenters. The summed E-state index contributed by atoms with van der Waals surface area (Å²) in [5.41, 5.74) is 5.67. The van der Waals surface area contributed by atoms with E-state index in [0.717, 1.165) is 6.07 Å². The van der Waals surface area contributed by atoms with Gasteiger partial charge in [0.2, 0.25) is 6.17 Å². The van der Waals surface area contributed by atoms with Gasteiger partial charge in [-0.1, -0.05) is 12.1 Å². The van der Waals surface area contributed by atoms with Crippen LogP contribution in [0.2, 0.25) is 0 Å². The first-order chi connectivity index (χ1) is 8.52. The van der Waals surface area contributed by atoms with Crippen LogP contribution in [0, 0.1) is 5.82 Å². The third-order valence-corrected chi connectivity index (χ3v) is 2.39. The number of rotatable bonds is 5. The third kappa shape index (κ3) is 2.95. The number of benzene rings is 1. The van der Waals surface area contributed by atoms with Crippen LogP contribution in [0.1, 0.15) is 18.5 Å². The second kappa shape index (κ2) is 6.30. The van der Waals surface area contributed by atoms with Crippen LogP contribution in [0.4, 0.5) is 8.78 Å². The van der Waals surface area contributed by atoms with E-state index in [9.17, 15) is 13.6 Å². The predicted octanol–water partition coefficient (Wildman–Crippen LogP) is 1.74. The predicted molar refractivity (Wildman–Crippen MR) is 61.4 cm³/mol. The highest BCUT2D eigenvalue weighted by molar-refractivity contribution is 5.76. The molecule has 1 unspecified atom stereocenters. The average Bonchev–Trinajstić information content (AvgIpc) is 2.37. The second-order valence-corrected chi connectivity index (χ2v) is 3.54. The first-order valence-corrected chi connectivity index (χ1v) is 5.41. The number of para-hydroxylation sites is 1. The highest BCUT2D eigenvalue weighted by atomic mass is 19.1. The van der Waals surface area contributed by atoms with Crippen molar-refractivity contribution in [1.82, 2.24) is 0 Å². The van der Waals surface area contributed by atoms with Gasteiger partial charge in [-0.05, 0) is 13.0 Å². The molecule has 0 heterocycles. The first kappa shape index (κ1) is 14.4. The third-order valence-electron chi connectivity index (χ3n) is 2.39. The van der Waals surface area contributed by atoms with Gasteiger partial charge in [-0.2, -0.15) is 0 Å². The normalized spacial score (nSPS) is 13.8. The van der Waals surface area contributed by atoms with Crippen molar-refractivity contribution in [2.24, 2.45) is 5.73 Å². The van der Waals surface area contributed by atoms with Crippen LogP contribution in [-0.4, -0.2) is 25.9 Å². The zero-order chi connectivity index (χ0) is 13.7. The Hall–Kier alpha value is -1.69. The Morgan fingerprint density at radius 1 is 1.50 bits per heavy atom. The van der Waals surface area contributed by atoms with Crippen molar-refractivity contribution in [3.8, 4) is 5.75 Å². The zero-order valence-corrected chi connectivity index (χ0v) is 10.2. The molecule has 1 aromatic rings. The highest BCUT2D eigenvalue weighted by Gasteiger charge is 2.30. The van der Waals surface area contributed by atoms with E-state index in [0.29, 0.717) is 0 Å². The molecule has 0 aliphatic carbocycles. The Morgan fingerprint density at radius 3 is 2.72 bits per heavy atom. The van der Waals surface area contributed by atoms with Crippen molar-refractivity contribution in [2.45, 2.75) is 19.1 Å². The molecule has 0 bridgehead atoms. The van der Waals surface area contributed by atoms with Crippen molar-refractivity contribution >= 4 is 5.97 Å². The average molecular weight is 259 g/mol. The number of methoxy groups -OCH3 is 1. The number of carbonyl (C=O) groups is 1. The standard InChI is InChI=1S/C12H15F2NO3/c1-3-18-12(16)9(14)10(15)7-5-4-6-8(13)11(7)17-2/h4-6,9-10H,3,15H2,1-2H3/t9?,10-/m1/s1. The number of nitrogens with two attached hydrogens (primary N) is 1. The number of halogens is 2. The fourth-order valence-electron chi connectivity index (χ4n) is 1.53. The molecule has 4 nitrogen and oxygen atoms in total. The highest BCUT2D eigenvalue weighted by Crippen LogP contribution is 2.29. The Kier molecular flexibility index (Phi) is 5.03. The second-order valence-electron chi connectivity index (χ2n) is 3.54. The molecular formula is C12H15F2NO3. The lowest BCUT2D eigenvalue weighted by atomic mass is 10.0. The minimum absolute atomic E-state index is 0.0479. The molecule has 0 aliphatic rings. The van der Waals surface area contributed by atoms with Gasteiger partial charge in [-0.3, -0.25) is 0 Å². The smallest absolute Gasteiger partial charge is 0.342 e. The molecule has 0 fully saturated rings. The number of hydrogen-bond donors (Lipinski definition) is 1. The molecule has 0 saturated carbocycles. The van der Waals surface area contributed by atoms with Crippen molar-refractivity contribution in [3.05, 3.63) is 29.6 Å². The number of carbonyl (C=O) groups excluding carboxylic acids is 1. The molecule has 100 valence electrons. The quantitative estimate of drug-likeness (QED) is 0.818. The summed E-state index contributed by atoms with van der Waals surface area (Å²) in [6, 6.07) is 2.59. The van der Waals surface area contributed by atoms with Crippen LogP contribution < -0.4 is 10.5 Å². The van der Waals surface area contributed by atoms with Crippen LogP contribution in [0.25, 0.3) is 0 Å². The van der Waals surface area contributed by atoms with E-state index >= 15 is 0 Å². The molecule has 0 saturated heterocycles. The Morgan fingerprint density at radius 2 is 2.17 bits per heavy atom. The van der Waals surface area contributed by atoms with Crippen LogP contribution in [0.5, 0.6) is 5.75 Å². The summed E-state index contributed by atoms with van der Waals surface area (Å²) < 4.78 is 36.5. The van der Waals surface area contributed by atoms with Gasteiger partial charge in [0.1, 0.15) is 0 Å². The van der Waals surface area contributed by atoms with E-state index in [1.54, 1.807) is 6.92 Å². The number of esters is 1. The largest absolute Gasteiger partial charge is 0.493 e. The molecule has 1 rings (SSSR count). The van der Waals surface area contributed by atoms with E-state index in [1.807, 2.05) is 0 Å². The van der Waals surface area contributed by atoms with Gasteiger partial charge in [0.25, 0.3) is 0 Å². The fourth-order valence-corrected chi connectivity index (χ4v) is 1.53. The molecule has 2 N–H and O–H groups in total. The molecule has 0 radical (unpaired) electrons. The summed E-state index contributed by atoms with van der Waals surface area (Å²) >= 11 is 0. The Balaban J connectivity index is 2.99. The summed E-state index contributed by atoms with van der Waals surface area (Å²) in [6.07, 6.45) is -2.07. The lowest BCUT2D eigenvalue weighted by Crippen LogP contribution is -2.31. The summed E-state index contributed by atoms with van der Waals surface area (Å²) in [6.45, 7) is 1.60. The monoisotopic (exact) mass is 259 g/mol. The SMILES string of the molecule is CCOC(=O)C(F)[C@H](N)c1cccc(F)c1OC. The van der Waals surface area contributed by atoms with Crippen LogP contribution in [0.3, 0.4) is 0 Å². The van der Waals surface area contributed by atoms with Gasteiger partial charge in [0, 0.05) is 5.56 Å². The van der Waals surface area contributed by atoms with Crippen molar-refractivity contribution in [1.29, 1.82) is 0 Å². The molecule has 6 heteroatoms. The summed E-state index contributed by atoms with van der Waals surface area (Å²) in [5.74, 6) is -1.91. The number of alkyl halides is 1. The van der Waals surface area contributed by atoms with Gasteiger partial charge in [-0.25, -0.2) is 13.6 Å².